The lowest BCUT2D eigenvalue weighted by Crippen LogP contribution is -2.21. The van der Waals surface area contributed by atoms with Crippen LogP contribution in [0.2, 0.25) is 0 Å². The second-order valence-corrected chi connectivity index (χ2v) is 3.98. The number of nitrogens with zero attached hydrogens (tertiary/aromatic N) is 2. The van der Waals surface area contributed by atoms with Crippen molar-refractivity contribution in [3.05, 3.63) is 12.3 Å². The van der Waals surface area contributed by atoms with Crippen molar-refractivity contribution in [1.82, 2.24) is 9.78 Å². The van der Waals surface area contributed by atoms with E-state index >= 15 is 0 Å². The molecule has 0 fully saturated rings. The molecule has 1 N–H and O–H groups in total. The van der Waals surface area contributed by atoms with E-state index in [1.807, 2.05) is 6.92 Å². The number of nitrogens with one attached hydrogen (secondary N) is 1. The Morgan fingerprint density at radius 2 is 2.38 bits per heavy atom. The minimum atomic E-state index is -0.146. The van der Waals surface area contributed by atoms with Gasteiger partial charge in [-0.2, -0.15) is 5.10 Å². The maximum atomic E-state index is 11.4. The van der Waals surface area contributed by atoms with Crippen LogP contribution in [0.25, 0.3) is 0 Å². The Morgan fingerprint density at radius 1 is 1.62 bits per heavy atom. The smallest absolute Gasteiger partial charge is 0.251 e. The standard InChI is InChI=1S/C11H19N3O2/c1-4-16-8-11(15)13-10-5-6-12-14(10)7-9(2)3/h5-6,9H,4,7-8H2,1-3H3,(H,13,15). The number of hydrogen-bond donors (Lipinski definition) is 1. The van der Waals surface area contributed by atoms with Crippen LogP contribution in [0.5, 0.6) is 0 Å². The Labute approximate surface area is 95.8 Å². The lowest BCUT2D eigenvalue weighted by Gasteiger charge is -2.10. The average molecular weight is 225 g/mol. The third-order valence-electron chi connectivity index (χ3n) is 1.96. The van der Waals surface area contributed by atoms with Crippen LogP contribution in [0.4, 0.5) is 5.82 Å². The van der Waals surface area contributed by atoms with Crippen LogP contribution < -0.4 is 5.32 Å². The Kier molecular flexibility index (Phi) is 4.98. The molecule has 0 atom stereocenters. The van der Waals surface area contributed by atoms with Crippen molar-refractivity contribution in [2.24, 2.45) is 5.92 Å². The second kappa shape index (κ2) is 6.27. The third kappa shape index (κ3) is 4.02. The molecule has 0 spiro atoms. The van der Waals surface area contributed by atoms with Gasteiger partial charge in [-0.05, 0) is 12.8 Å². The fraction of sp³-hybridized carbons (Fsp3) is 0.636. The minimum absolute atomic E-state index is 0.0867. The topological polar surface area (TPSA) is 56.1 Å². The number of carbonyl (C=O) groups excluding carboxylic acids is 1. The summed E-state index contributed by atoms with van der Waals surface area (Å²) in [5.74, 6) is 1.06. The molecule has 1 heterocycles. The monoisotopic (exact) mass is 225 g/mol. The number of amides is 1. The van der Waals surface area contributed by atoms with Gasteiger partial charge in [-0.25, -0.2) is 4.68 Å². The number of carbonyl (C=O) groups is 1. The Morgan fingerprint density at radius 3 is 3.00 bits per heavy atom. The molecule has 0 aliphatic rings. The Balaban J connectivity index is 2.52. The van der Waals surface area contributed by atoms with Crippen molar-refractivity contribution >= 4 is 11.7 Å². The SMILES string of the molecule is CCOCC(=O)Nc1ccnn1CC(C)C. The molecular formula is C11H19N3O2. The maximum Gasteiger partial charge on any atom is 0.251 e. The van der Waals surface area contributed by atoms with Crippen molar-refractivity contribution in [3.8, 4) is 0 Å². The van der Waals surface area contributed by atoms with Gasteiger partial charge in [0.15, 0.2) is 0 Å². The summed E-state index contributed by atoms with van der Waals surface area (Å²) in [6.07, 6.45) is 1.68. The first-order valence-corrected chi connectivity index (χ1v) is 5.53. The highest BCUT2D eigenvalue weighted by molar-refractivity contribution is 5.90. The highest BCUT2D eigenvalue weighted by Gasteiger charge is 2.07. The van der Waals surface area contributed by atoms with E-state index in [1.54, 1.807) is 16.9 Å². The fourth-order valence-electron chi connectivity index (χ4n) is 1.30. The van der Waals surface area contributed by atoms with Crippen LogP contribution in [0, 0.1) is 5.92 Å². The van der Waals surface area contributed by atoms with Gasteiger partial charge in [-0.15, -0.1) is 0 Å². The molecular weight excluding hydrogens is 206 g/mol. The Hall–Kier alpha value is -1.36. The first-order valence-electron chi connectivity index (χ1n) is 5.53. The number of anilines is 1. The van der Waals surface area contributed by atoms with E-state index in [2.05, 4.69) is 24.3 Å². The van der Waals surface area contributed by atoms with Crippen LogP contribution in [0.3, 0.4) is 0 Å². The molecule has 0 aromatic carbocycles. The van der Waals surface area contributed by atoms with E-state index in [-0.39, 0.29) is 12.5 Å². The molecule has 0 radical (unpaired) electrons. The van der Waals surface area contributed by atoms with Gasteiger partial charge in [0, 0.05) is 19.2 Å². The van der Waals surface area contributed by atoms with Gasteiger partial charge in [0.2, 0.25) is 0 Å². The molecule has 1 amide bonds. The van der Waals surface area contributed by atoms with Crippen LogP contribution in [0.15, 0.2) is 12.3 Å². The number of rotatable bonds is 6. The van der Waals surface area contributed by atoms with E-state index < -0.39 is 0 Å². The maximum absolute atomic E-state index is 11.4. The highest BCUT2D eigenvalue weighted by atomic mass is 16.5. The second-order valence-electron chi connectivity index (χ2n) is 3.98. The van der Waals surface area contributed by atoms with Crippen LogP contribution in [0.1, 0.15) is 20.8 Å². The summed E-state index contributed by atoms with van der Waals surface area (Å²) < 4.78 is 6.81. The fourth-order valence-corrected chi connectivity index (χ4v) is 1.30. The summed E-state index contributed by atoms with van der Waals surface area (Å²) in [4.78, 5) is 11.4. The lowest BCUT2D eigenvalue weighted by atomic mass is 10.2. The summed E-state index contributed by atoms with van der Waals surface area (Å²) in [6.45, 7) is 7.48. The minimum Gasteiger partial charge on any atom is -0.372 e. The third-order valence-corrected chi connectivity index (χ3v) is 1.96. The van der Waals surface area contributed by atoms with Crippen molar-refractivity contribution < 1.29 is 9.53 Å². The number of aromatic nitrogens is 2. The van der Waals surface area contributed by atoms with E-state index in [0.717, 1.165) is 12.4 Å². The molecule has 5 nitrogen and oxygen atoms in total. The average Bonchev–Trinajstić information content (AvgIpc) is 2.62. The molecule has 1 aromatic rings. The van der Waals surface area contributed by atoms with E-state index in [0.29, 0.717) is 12.5 Å². The molecule has 1 aromatic heterocycles. The largest absolute Gasteiger partial charge is 0.372 e. The van der Waals surface area contributed by atoms with Gasteiger partial charge in [-0.3, -0.25) is 4.79 Å². The molecule has 0 saturated heterocycles. The van der Waals surface area contributed by atoms with Crippen LogP contribution in [-0.2, 0) is 16.1 Å². The zero-order chi connectivity index (χ0) is 12.0. The van der Waals surface area contributed by atoms with Crippen molar-refractivity contribution in [3.63, 3.8) is 0 Å². The van der Waals surface area contributed by atoms with Gasteiger partial charge < -0.3 is 10.1 Å². The first-order chi connectivity index (χ1) is 7.63. The van der Waals surface area contributed by atoms with Gasteiger partial charge in [-0.1, -0.05) is 13.8 Å². The molecule has 0 aliphatic heterocycles. The molecule has 0 unspecified atom stereocenters. The van der Waals surface area contributed by atoms with Gasteiger partial charge in [0.05, 0.1) is 6.20 Å². The van der Waals surface area contributed by atoms with Crippen LogP contribution >= 0.6 is 0 Å². The Bertz CT molecular complexity index is 334. The zero-order valence-corrected chi connectivity index (χ0v) is 10.1. The van der Waals surface area contributed by atoms with Gasteiger partial charge in [0.25, 0.3) is 5.91 Å². The quantitative estimate of drug-likeness (QED) is 0.798. The summed E-state index contributed by atoms with van der Waals surface area (Å²) >= 11 is 0. The van der Waals surface area contributed by atoms with Gasteiger partial charge in [0.1, 0.15) is 12.4 Å². The summed E-state index contributed by atoms with van der Waals surface area (Å²) in [6, 6.07) is 1.78. The lowest BCUT2D eigenvalue weighted by molar-refractivity contribution is -0.120. The first kappa shape index (κ1) is 12.7. The molecule has 5 heteroatoms. The van der Waals surface area contributed by atoms with Crippen molar-refractivity contribution in [2.45, 2.75) is 27.3 Å². The van der Waals surface area contributed by atoms with Gasteiger partial charge >= 0.3 is 0 Å². The predicted molar refractivity (Wildman–Crippen MR) is 62.2 cm³/mol. The molecule has 0 aliphatic carbocycles. The normalized spacial score (nSPS) is 10.8. The summed E-state index contributed by atoms with van der Waals surface area (Å²) in [5.41, 5.74) is 0. The highest BCUT2D eigenvalue weighted by Crippen LogP contribution is 2.08. The molecule has 1 rings (SSSR count). The summed E-state index contributed by atoms with van der Waals surface area (Å²) in [5, 5.41) is 6.92. The summed E-state index contributed by atoms with van der Waals surface area (Å²) in [7, 11) is 0. The van der Waals surface area contributed by atoms with Crippen molar-refractivity contribution in [1.29, 1.82) is 0 Å². The van der Waals surface area contributed by atoms with Crippen LogP contribution in [-0.4, -0.2) is 28.9 Å². The zero-order valence-electron chi connectivity index (χ0n) is 10.1. The van der Waals surface area contributed by atoms with E-state index in [1.165, 1.54) is 0 Å². The molecule has 0 bridgehead atoms. The number of ether oxygens (including phenoxy) is 1. The van der Waals surface area contributed by atoms with E-state index in [9.17, 15) is 4.79 Å². The van der Waals surface area contributed by atoms with Crippen molar-refractivity contribution in [2.75, 3.05) is 18.5 Å². The predicted octanol–water partition coefficient (Wildman–Crippen LogP) is 1.51. The number of hydrogen-bond acceptors (Lipinski definition) is 3. The molecule has 0 saturated carbocycles. The molecule has 90 valence electrons. The molecule has 16 heavy (non-hydrogen) atoms. The van der Waals surface area contributed by atoms with E-state index in [4.69, 9.17) is 4.74 Å².